The molecule has 0 unspecified atom stereocenters. The zero-order valence-corrected chi connectivity index (χ0v) is 20.3. The van der Waals surface area contributed by atoms with E-state index in [0.29, 0.717) is 25.9 Å². The predicted molar refractivity (Wildman–Crippen MR) is 127 cm³/mol. The lowest BCUT2D eigenvalue weighted by Crippen LogP contribution is -2.46. The van der Waals surface area contributed by atoms with Crippen molar-refractivity contribution in [3.63, 3.8) is 0 Å². The molecule has 2 atom stereocenters. The van der Waals surface area contributed by atoms with E-state index in [1.165, 1.54) is 16.4 Å². The number of benzene rings is 2. The van der Waals surface area contributed by atoms with Crippen molar-refractivity contribution in [1.29, 1.82) is 0 Å². The number of nitrogens with one attached hydrogen (secondary N) is 1. The predicted octanol–water partition coefficient (Wildman–Crippen LogP) is 3.19. The fourth-order valence-electron chi connectivity index (χ4n) is 4.81. The minimum absolute atomic E-state index is 0.0450. The smallest absolute Gasteiger partial charge is 0.243 e. The number of carbonyl (C=O) groups excluding carboxylic acids is 1. The van der Waals surface area contributed by atoms with Crippen LogP contribution in [0.4, 0.5) is 4.39 Å². The van der Waals surface area contributed by atoms with E-state index in [-0.39, 0.29) is 23.4 Å². The SMILES string of the molecule is COc1ccc([C@H](CNC(=O)[C@H]2CCCN(S(=O)(=O)c3ccc(F)cc3)C2)N2CCCC2)cc1. The van der Waals surface area contributed by atoms with E-state index >= 15 is 0 Å². The molecule has 2 fully saturated rings. The van der Waals surface area contributed by atoms with Gasteiger partial charge < -0.3 is 10.1 Å². The molecule has 0 radical (unpaired) electrons. The van der Waals surface area contributed by atoms with Gasteiger partial charge in [0, 0.05) is 19.6 Å². The minimum Gasteiger partial charge on any atom is -0.497 e. The van der Waals surface area contributed by atoms with E-state index < -0.39 is 21.8 Å². The Morgan fingerprint density at radius 1 is 1.06 bits per heavy atom. The van der Waals surface area contributed by atoms with E-state index in [0.717, 1.165) is 49.4 Å². The van der Waals surface area contributed by atoms with Crippen LogP contribution in [-0.4, -0.2) is 63.4 Å². The normalized spacial score (nSPS) is 20.7. The number of sulfonamides is 1. The van der Waals surface area contributed by atoms with E-state index in [1.54, 1.807) is 7.11 Å². The van der Waals surface area contributed by atoms with Crippen LogP contribution in [-0.2, 0) is 14.8 Å². The molecule has 0 spiro atoms. The van der Waals surface area contributed by atoms with Crippen LogP contribution in [0.15, 0.2) is 53.4 Å². The van der Waals surface area contributed by atoms with E-state index in [2.05, 4.69) is 10.2 Å². The molecule has 2 aromatic rings. The standard InChI is InChI=1S/C25H32FN3O4S/c1-33-22-10-6-19(7-11-22)24(28-14-2-3-15-28)17-27-25(30)20-5-4-16-29(18-20)34(31,32)23-12-8-21(26)9-13-23/h6-13,20,24H,2-5,14-18H2,1H3,(H,27,30)/t20-,24-/m0/s1. The number of likely N-dealkylation sites (tertiary alicyclic amines) is 1. The highest BCUT2D eigenvalue weighted by Crippen LogP contribution is 2.27. The van der Waals surface area contributed by atoms with Crippen LogP contribution in [0.3, 0.4) is 0 Å². The molecule has 1 amide bonds. The van der Waals surface area contributed by atoms with Crippen LogP contribution in [0.25, 0.3) is 0 Å². The molecule has 2 aliphatic heterocycles. The quantitative estimate of drug-likeness (QED) is 0.616. The van der Waals surface area contributed by atoms with Gasteiger partial charge in [0.05, 0.1) is 24.0 Å². The van der Waals surface area contributed by atoms with Crippen LogP contribution in [0.1, 0.15) is 37.3 Å². The number of amides is 1. The number of piperidine rings is 1. The monoisotopic (exact) mass is 489 g/mol. The molecule has 0 bridgehead atoms. The van der Waals surface area contributed by atoms with Gasteiger partial charge in [-0.25, -0.2) is 12.8 Å². The van der Waals surface area contributed by atoms with Crippen LogP contribution >= 0.6 is 0 Å². The van der Waals surface area contributed by atoms with Crippen LogP contribution in [0.2, 0.25) is 0 Å². The maximum Gasteiger partial charge on any atom is 0.243 e. The summed E-state index contributed by atoms with van der Waals surface area (Å²) in [5.74, 6) is -0.243. The lowest BCUT2D eigenvalue weighted by atomic mass is 9.98. The van der Waals surface area contributed by atoms with E-state index in [4.69, 9.17) is 4.74 Å². The number of halogens is 1. The number of carbonyl (C=O) groups is 1. The average molecular weight is 490 g/mol. The molecule has 2 aromatic carbocycles. The van der Waals surface area contributed by atoms with Gasteiger partial charge in [0.25, 0.3) is 0 Å². The van der Waals surface area contributed by atoms with E-state index in [9.17, 15) is 17.6 Å². The molecule has 2 saturated heterocycles. The summed E-state index contributed by atoms with van der Waals surface area (Å²) >= 11 is 0. The van der Waals surface area contributed by atoms with Crippen molar-refractivity contribution in [2.45, 2.75) is 36.6 Å². The molecule has 1 N–H and O–H groups in total. The highest BCUT2D eigenvalue weighted by Gasteiger charge is 2.34. The van der Waals surface area contributed by atoms with Gasteiger partial charge in [-0.05, 0) is 80.7 Å². The average Bonchev–Trinajstić information content (AvgIpc) is 3.39. The van der Waals surface area contributed by atoms with Crippen molar-refractivity contribution in [3.05, 3.63) is 59.9 Å². The molecular weight excluding hydrogens is 457 g/mol. The van der Waals surface area contributed by atoms with Crippen molar-refractivity contribution in [2.75, 3.05) is 39.8 Å². The maximum atomic E-state index is 13.2. The highest BCUT2D eigenvalue weighted by atomic mass is 32.2. The Kier molecular flexibility index (Phi) is 7.85. The Hall–Kier alpha value is -2.49. The summed E-state index contributed by atoms with van der Waals surface area (Å²) in [5.41, 5.74) is 1.12. The zero-order chi connectivity index (χ0) is 24.1. The van der Waals surface area contributed by atoms with E-state index in [1.807, 2.05) is 24.3 Å². The summed E-state index contributed by atoms with van der Waals surface area (Å²) in [6, 6.07) is 12.8. The first kappa shape index (κ1) is 24.6. The van der Waals surface area contributed by atoms with Gasteiger partial charge in [-0.2, -0.15) is 4.31 Å². The topological polar surface area (TPSA) is 79.0 Å². The summed E-state index contributed by atoms with van der Waals surface area (Å²) in [4.78, 5) is 15.5. The second-order valence-electron chi connectivity index (χ2n) is 8.93. The molecule has 2 heterocycles. The summed E-state index contributed by atoms with van der Waals surface area (Å²) < 4.78 is 45.8. The maximum absolute atomic E-state index is 13.2. The van der Waals surface area contributed by atoms with Crippen molar-refractivity contribution in [3.8, 4) is 5.75 Å². The molecule has 0 saturated carbocycles. The van der Waals surface area contributed by atoms with Crippen molar-refractivity contribution < 1.29 is 22.3 Å². The van der Waals surface area contributed by atoms with Gasteiger partial charge in [0.2, 0.25) is 15.9 Å². The highest BCUT2D eigenvalue weighted by molar-refractivity contribution is 7.89. The number of ether oxygens (including phenoxy) is 1. The van der Waals surface area contributed by atoms with Gasteiger partial charge in [-0.1, -0.05) is 12.1 Å². The first-order valence-electron chi connectivity index (χ1n) is 11.8. The summed E-state index contributed by atoms with van der Waals surface area (Å²) in [6.45, 7) is 2.92. The Labute approximate surface area is 200 Å². The molecule has 184 valence electrons. The van der Waals surface area contributed by atoms with Gasteiger partial charge in [-0.15, -0.1) is 0 Å². The van der Waals surface area contributed by atoms with Gasteiger partial charge in [0.15, 0.2) is 0 Å². The van der Waals surface area contributed by atoms with Crippen molar-refractivity contribution in [2.24, 2.45) is 5.92 Å². The number of hydrogen-bond donors (Lipinski definition) is 1. The van der Waals surface area contributed by atoms with Crippen LogP contribution < -0.4 is 10.1 Å². The number of nitrogens with zero attached hydrogens (tertiary/aromatic N) is 2. The summed E-state index contributed by atoms with van der Waals surface area (Å²) in [7, 11) is -2.14. The second-order valence-corrected chi connectivity index (χ2v) is 10.9. The van der Waals surface area contributed by atoms with Crippen molar-refractivity contribution >= 4 is 15.9 Å². The Morgan fingerprint density at radius 3 is 2.38 bits per heavy atom. The van der Waals surface area contributed by atoms with Gasteiger partial charge >= 0.3 is 0 Å². The fourth-order valence-corrected chi connectivity index (χ4v) is 6.33. The third-order valence-corrected chi connectivity index (χ3v) is 8.64. The lowest BCUT2D eigenvalue weighted by molar-refractivity contribution is -0.126. The molecular formula is C25H32FN3O4S. The third kappa shape index (κ3) is 5.59. The first-order valence-corrected chi connectivity index (χ1v) is 13.2. The third-order valence-electron chi connectivity index (χ3n) is 6.76. The fraction of sp³-hybridized carbons (Fsp3) is 0.480. The Bertz CT molecular complexity index is 1070. The summed E-state index contributed by atoms with van der Waals surface area (Å²) in [5, 5.41) is 3.09. The molecule has 0 aromatic heterocycles. The zero-order valence-electron chi connectivity index (χ0n) is 19.5. The Morgan fingerprint density at radius 2 is 1.74 bits per heavy atom. The molecule has 2 aliphatic rings. The molecule has 0 aliphatic carbocycles. The van der Waals surface area contributed by atoms with Crippen LogP contribution in [0.5, 0.6) is 5.75 Å². The minimum atomic E-state index is -3.77. The van der Waals surface area contributed by atoms with Gasteiger partial charge in [0.1, 0.15) is 11.6 Å². The van der Waals surface area contributed by atoms with Crippen LogP contribution in [0, 0.1) is 11.7 Å². The molecule has 7 nitrogen and oxygen atoms in total. The Balaban J connectivity index is 1.41. The molecule has 34 heavy (non-hydrogen) atoms. The lowest BCUT2D eigenvalue weighted by Gasteiger charge is -2.32. The van der Waals surface area contributed by atoms with Gasteiger partial charge in [-0.3, -0.25) is 9.69 Å². The van der Waals surface area contributed by atoms with Crippen molar-refractivity contribution in [1.82, 2.24) is 14.5 Å². The largest absolute Gasteiger partial charge is 0.497 e. The summed E-state index contributed by atoms with van der Waals surface area (Å²) in [6.07, 6.45) is 3.52. The molecule has 4 rings (SSSR count). The molecule has 9 heteroatoms. The number of methoxy groups -OCH3 is 1. The first-order chi connectivity index (χ1) is 16.4. The second kappa shape index (κ2) is 10.8. The number of hydrogen-bond acceptors (Lipinski definition) is 5. The number of rotatable bonds is 8.